The van der Waals surface area contributed by atoms with E-state index in [4.69, 9.17) is 0 Å². The van der Waals surface area contributed by atoms with Crippen LogP contribution in [-0.4, -0.2) is 34.3 Å². The summed E-state index contributed by atoms with van der Waals surface area (Å²) < 4.78 is 28.8. The van der Waals surface area contributed by atoms with Crippen LogP contribution in [0.2, 0.25) is 0 Å². The predicted octanol–water partition coefficient (Wildman–Crippen LogP) is 4.88. The Kier molecular flexibility index (Phi) is 5.20. The molecule has 3 aromatic rings. The molecule has 4 rings (SSSR count). The summed E-state index contributed by atoms with van der Waals surface area (Å²) in [5, 5.41) is 0. The Morgan fingerprint density at radius 2 is 1.77 bits per heavy atom. The highest BCUT2D eigenvalue weighted by atomic mass is 32.2. The number of Topliss-reactive ketones (excluding diaryl/α,β-unsaturated/α-hetero) is 1. The van der Waals surface area contributed by atoms with E-state index in [0.29, 0.717) is 28.4 Å². The van der Waals surface area contributed by atoms with Crippen LogP contribution in [0.5, 0.6) is 0 Å². The van der Waals surface area contributed by atoms with E-state index in [1.54, 1.807) is 17.3 Å². The van der Waals surface area contributed by atoms with Crippen LogP contribution in [0.1, 0.15) is 27.7 Å². The van der Waals surface area contributed by atoms with Crippen molar-refractivity contribution in [1.82, 2.24) is 0 Å². The van der Waals surface area contributed by atoms with Gasteiger partial charge in [0, 0.05) is 18.5 Å². The summed E-state index contributed by atoms with van der Waals surface area (Å²) in [5.41, 5.74) is 4.22. The molecule has 30 heavy (non-hydrogen) atoms. The van der Waals surface area contributed by atoms with Gasteiger partial charge < -0.3 is 4.90 Å². The molecule has 0 fully saturated rings. The van der Waals surface area contributed by atoms with E-state index in [-0.39, 0.29) is 5.78 Å². The van der Waals surface area contributed by atoms with Crippen LogP contribution in [0.4, 0.5) is 11.4 Å². The molecule has 156 valence electrons. The van der Waals surface area contributed by atoms with Gasteiger partial charge in [-0.2, -0.15) is 0 Å². The van der Waals surface area contributed by atoms with E-state index < -0.39 is 10.0 Å². The molecule has 0 unspecified atom stereocenters. The zero-order valence-corrected chi connectivity index (χ0v) is 19.1. The minimum atomic E-state index is -3.70. The molecule has 0 atom stereocenters. The Morgan fingerprint density at radius 3 is 2.43 bits per heavy atom. The van der Waals surface area contributed by atoms with Crippen molar-refractivity contribution in [2.75, 3.05) is 29.3 Å². The average Bonchev–Trinajstić information content (AvgIpc) is 3.19. The van der Waals surface area contributed by atoms with Crippen LogP contribution in [0, 0.1) is 13.8 Å². The van der Waals surface area contributed by atoms with E-state index in [0.717, 1.165) is 27.4 Å². The molecule has 0 N–H and O–H groups in total. The average molecular weight is 441 g/mol. The predicted molar refractivity (Wildman–Crippen MR) is 123 cm³/mol. The normalized spacial score (nSPS) is 14.0. The molecule has 2 aromatic carbocycles. The van der Waals surface area contributed by atoms with E-state index >= 15 is 0 Å². The second kappa shape index (κ2) is 7.56. The molecule has 5 nitrogen and oxygen atoms in total. The standard InChI is InChI=1S/C23H24N2O3S2/c1-15-6-5-7-19-23(15)25(13-12-24(19)4)30(27,28)22-11-8-18(14-16(22)2)21-10-9-20(29-21)17(3)26/h5-11,14H,12-13H2,1-4H3. The number of para-hydroxylation sites is 1. The lowest BCUT2D eigenvalue weighted by molar-refractivity contribution is 0.102. The fourth-order valence-electron chi connectivity index (χ4n) is 3.88. The lowest BCUT2D eigenvalue weighted by atomic mass is 10.1. The first-order valence-electron chi connectivity index (χ1n) is 9.75. The molecule has 0 spiro atoms. The molecule has 0 saturated carbocycles. The third-order valence-corrected chi connectivity index (χ3v) is 8.69. The van der Waals surface area contributed by atoms with Crippen molar-refractivity contribution in [3.8, 4) is 10.4 Å². The maximum absolute atomic E-state index is 13.6. The number of thiophene rings is 1. The van der Waals surface area contributed by atoms with Crippen molar-refractivity contribution >= 4 is 38.5 Å². The first kappa shape index (κ1) is 20.6. The molecule has 7 heteroatoms. The largest absolute Gasteiger partial charge is 0.371 e. The highest BCUT2D eigenvalue weighted by molar-refractivity contribution is 7.93. The number of aryl methyl sites for hydroxylation is 2. The number of carbonyl (C=O) groups is 1. The molecule has 0 saturated heterocycles. The third-order valence-electron chi connectivity index (χ3n) is 5.50. The topological polar surface area (TPSA) is 57.7 Å². The van der Waals surface area contributed by atoms with Gasteiger partial charge in [-0.15, -0.1) is 11.3 Å². The van der Waals surface area contributed by atoms with Crippen molar-refractivity contribution in [3.05, 3.63) is 64.5 Å². The fourth-order valence-corrected chi connectivity index (χ4v) is 6.52. The quantitative estimate of drug-likeness (QED) is 0.543. The van der Waals surface area contributed by atoms with Crippen LogP contribution >= 0.6 is 11.3 Å². The fraction of sp³-hybridized carbons (Fsp3) is 0.261. The van der Waals surface area contributed by atoms with Crippen LogP contribution in [0.15, 0.2) is 53.4 Å². The van der Waals surface area contributed by atoms with E-state index in [2.05, 4.69) is 4.90 Å². The number of benzene rings is 2. The number of fused-ring (bicyclic) bond motifs is 1. The summed E-state index contributed by atoms with van der Waals surface area (Å²) in [6.07, 6.45) is 0. The SMILES string of the molecule is CC(=O)c1ccc(-c2ccc(S(=O)(=O)N3CCN(C)c4cccc(C)c43)c(C)c2)s1. The van der Waals surface area contributed by atoms with Gasteiger partial charge in [0.2, 0.25) is 0 Å². The van der Waals surface area contributed by atoms with Gasteiger partial charge in [-0.25, -0.2) is 8.42 Å². The first-order chi connectivity index (χ1) is 14.2. The van der Waals surface area contributed by atoms with Crippen molar-refractivity contribution in [2.24, 2.45) is 0 Å². The smallest absolute Gasteiger partial charge is 0.264 e. The van der Waals surface area contributed by atoms with Gasteiger partial charge in [-0.05, 0) is 67.8 Å². The summed E-state index contributed by atoms with van der Waals surface area (Å²) in [6, 6.07) is 15.0. The number of anilines is 2. The van der Waals surface area contributed by atoms with Gasteiger partial charge in [0.25, 0.3) is 10.0 Å². The van der Waals surface area contributed by atoms with Gasteiger partial charge in [0.05, 0.1) is 27.7 Å². The summed E-state index contributed by atoms with van der Waals surface area (Å²) in [5.74, 6) is 0.0336. The van der Waals surface area contributed by atoms with Crippen LogP contribution < -0.4 is 9.21 Å². The number of rotatable bonds is 4. The van der Waals surface area contributed by atoms with Crippen molar-refractivity contribution in [3.63, 3.8) is 0 Å². The molecular formula is C23H24N2O3S2. The number of hydrogen-bond acceptors (Lipinski definition) is 5. The van der Waals surface area contributed by atoms with Crippen LogP contribution in [0.3, 0.4) is 0 Å². The van der Waals surface area contributed by atoms with Gasteiger partial charge in [-0.1, -0.05) is 18.2 Å². The number of likely N-dealkylation sites (N-methyl/N-ethyl adjacent to an activating group) is 1. The summed E-state index contributed by atoms with van der Waals surface area (Å²) >= 11 is 1.42. The molecule has 0 amide bonds. The van der Waals surface area contributed by atoms with Gasteiger partial charge in [0.15, 0.2) is 5.78 Å². The summed E-state index contributed by atoms with van der Waals surface area (Å²) in [7, 11) is -1.72. The monoisotopic (exact) mass is 440 g/mol. The highest BCUT2D eigenvalue weighted by Crippen LogP contribution is 2.39. The van der Waals surface area contributed by atoms with Gasteiger partial charge >= 0.3 is 0 Å². The molecule has 2 heterocycles. The molecule has 1 aliphatic rings. The van der Waals surface area contributed by atoms with E-state index in [1.165, 1.54) is 11.3 Å². The summed E-state index contributed by atoms with van der Waals surface area (Å²) in [4.78, 5) is 15.6. The van der Waals surface area contributed by atoms with E-state index in [9.17, 15) is 13.2 Å². The zero-order chi connectivity index (χ0) is 21.6. The number of ketones is 1. The minimum absolute atomic E-state index is 0.0336. The van der Waals surface area contributed by atoms with Crippen LogP contribution in [-0.2, 0) is 10.0 Å². The highest BCUT2D eigenvalue weighted by Gasteiger charge is 2.33. The molecule has 1 aromatic heterocycles. The Hall–Kier alpha value is -2.64. The van der Waals surface area contributed by atoms with Gasteiger partial charge in [-0.3, -0.25) is 9.10 Å². The number of sulfonamides is 1. The number of nitrogens with zero attached hydrogens (tertiary/aromatic N) is 2. The Balaban J connectivity index is 1.75. The second-order valence-corrected chi connectivity index (χ2v) is 10.6. The lowest BCUT2D eigenvalue weighted by Gasteiger charge is -2.37. The molecule has 0 bridgehead atoms. The Morgan fingerprint density at radius 1 is 1.00 bits per heavy atom. The molecule has 0 radical (unpaired) electrons. The van der Waals surface area contributed by atoms with E-state index in [1.807, 2.05) is 63.4 Å². The lowest BCUT2D eigenvalue weighted by Crippen LogP contribution is -2.43. The van der Waals surface area contributed by atoms with Gasteiger partial charge in [0.1, 0.15) is 0 Å². The molecular weight excluding hydrogens is 416 g/mol. The maximum atomic E-state index is 13.6. The Labute approximate surface area is 181 Å². The van der Waals surface area contributed by atoms with Crippen molar-refractivity contribution in [1.29, 1.82) is 0 Å². The number of carbonyl (C=O) groups excluding carboxylic acids is 1. The zero-order valence-electron chi connectivity index (χ0n) is 17.5. The van der Waals surface area contributed by atoms with Crippen molar-refractivity contribution in [2.45, 2.75) is 25.7 Å². The molecule has 1 aliphatic heterocycles. The third kappa shape index (κ3) is 3.42. The first-order valence-corrected chi connectivity index (χ1v) is 12.0. The Bertz CT molecular complexity index is 1250. The minimum Gasteiger partial charge on any atom is -0.371 e. The maximum Gasteiger partial charge on any atom is 0.264 e. The number of hydrogen-bond donors (Lipinski definition) is 0. The van der Waals surface area contributed by atoms with Crippen molar-refractivity contribution < 1.29 is 13.2 Å². The van der Waals surface area contributed by atoms with Crippen LogP contribution in [0.25, 0.3) is 10.4 Å². The molecule has 0 aliphatic carbocycles. The second-order valence-electron chi connectivity index (χ2n) is 7.64. The summed E-state index contributed by atoms with van der Waals surface area (Å²) in [6.45, 7) is 6.36.